The van der Waals surface area contributed by atoms with Crippen LogP contribution in [0.3, 0.4) is 0 Å². The number of carbonyl (C=O) groups is 1. The van der Waals surface area contributed by atoms with Crippen molar-refractivity contribution in [1.82, 2.24) is 0 Å². The van der Waals surface area contributed by atoms with Crippen molar-refractivity contribution in [1.29, 1.82) is 0 Å². The van der Waals surface area contributed by atoms with Gasteiger partial charge in [0.05, 0.1) is 0 Å². The quantitative estimate of drug-likeness (QED) is 0.728. The molecule has 0 aliphatic rings. The Bertz CT molecular complexity index is 367. The van der Waals surface area contributed by atoms with Gasteiger partial charge in [-0.1, -0.05) is 41.5 Å². The van der Waals surface area contributed by atoms with Crippen molar-refractivity contribution in [2.75, 3.05) is 0 Å². The summed E-state index contributed by atoms with van der Waals surface area (Å²) in [6.45, 7) is 17.6. The number of hydrogen-bond donors (Lipinski definition) is 3. The summed E-state index contributed by atoms with van der Waals surface area (Å²) in [5.41, 5.74) is 9.32. The Morgan fingerprint density at radius 1 is 0.750 bits per heavy atom. The smallest absolute Gasteiger partial charge is 0.323 e. The molecule has 0 aromatic carbocycles. The summed E-state index contributed by atoms with van der Waals surface area (Å²) in [7, 11) is 0. The van der Waals surface area contributed by atoms with Crippen LogP contribution in [-0.2, 0) is 4.79 Å². The molecular formula is C15H33ClN2O2. The van der Waals surface area contributed by atoms with Gasteiger partial charge in [-0.15, -0.1) is 12.4 Å². The van der Waals surface area contributed by atoms with Crippen LogP contribution < -0.4 is 11.5 Å². The fourth-order valence-electron chi connectivity index (χ4n) is 2.50. The lowest BCUT2D eigenvalue weighted by atomic mass is 9.45. The van der Waals surface area contributed by atoms with Crippen LogP contribution in [0.1, 0.15) is 62.3 Å². The molecule has 0 rings (SSSR count). The molecule has 1 atom stereocenters. The van der Waals surface area contributed by atoms with Gasteiger partial charge in [0.25, 0.3) is 0 Å². The number of carboxylic acids is 1. The molecule has 5 heteroatoms. The highest BCUT2D eigenvalue weighted by atomic mass is 35.5. The number of aliphatic carboxylic acids is 1. The zero-order valence-electron chi connectivity index (χ0n) is 14.4. The standard InChI is InChI=1S/C15H32N2O2.ClH/c1-11(2,12(3,4)14(7,8)16)13(5,6)15(9,17)10(18)19;/h16-17H2,1-9H3,(H,18,19);1H. The Morgan fingerprint density at radius 2 is 1.05 bits per heavy atom. The minimum atomic E-state index is -1.33. The van der Waals surface area contributed by atoms with Gasteiger partial charge in [-0.25, -0.2) is 0 Å². The molecular weight excluding hydrogens is 276 g/mol. The van der Waals surface area contributed by atoms with E-state index in [2.05, 4.69) is 27.7 Å². The van der Waals surface area contributed by atoms with E-state index in [-0.39, 0.29) is 23.2 Å². The zero-order chi connectivity index (χ0) is 16.1. The highest BCUT2D eigenvalue weighted by Crippen LogP contribution is 2.58. The molecule has 0 aliphatic carbocycles. The summed E-state index contributed by atoms with van der Waals surface area (Å²) in [6, 6.07) is 0. The molecule has 0 aromatic rings. The van der Waals surface area contributed by atoms with Gasteiger partial charge in [0.2, 0.25) is 0 Å². The highest BCUT2D eigenvalue weighted by molar-refractivity contribution is 5.85. The molecule has 1 unspecified atom stereocenters. The molecule has 4 nitrogen and oxygen atoms in total. The van der Waals surface area contributed by atoms with Gasteiger partial charge in [0, 0.05) is 5.54 Å². The molecule has 0 saturated heterocycles. The molecule has 0 aromatic heterocycles. The summed E-state index contributed by atoms with van der Waals surface area (Å²) in [5, 5.41) is 9.45. The van der Waals surface area contributed by atoms with Gasteiger partial charge >= 0.3 is 5.97 Å². The van der Waals surface area contributed by atoms with Crippen LogP contribution in [0.2, 0.25) is 0 Å². The zero-order valence-corrected chi connectivity index (χ0v) is 15.2. The Morgan fingerprint density at radius 3 is 1.25 bits per heavy atom. The van der Waals surface area contributed by atoms with Crippen LogP contribution >= 0.6 is 12.4 Å². The summed E-state index contributed by atoms with van der Waals surface area (Å²) in [5.74, 6) is -0.990. The highest BCUT2D eigenvalue weighted by Gasteiger charge is 2.60. The molecule has 0 radical (unpaired) electrons. The van der Waals surface area contributed by atoms with Crippen molar-refractivity contribution in [3.63, 3.8) is 0 Å². The predicted octanol–water partition coefficient (Wildman–Crippen LogP) is 3.03. The van der Waals surface area contributed by atoms with Crippen LogP contribution in [0, 0.1) is 16.2 Å². The molecule has 0 amide bonds. The van der Waals surface area contributed by atoms with Crippen LogP contribution in [0.15, 0.2) is 0 Å². The maximum Gasteiger partial charge on any atom is 0.323 e. The van der Waals surface area contributed by atoms with E-state index in [0.29, 0.717) is 0 Å². The minimum Gasteiger partial charge on any atom is -0.480 e. The second kappa shape index (κ2) is 5.47. The third-order valence-corrected chi connectivity index (χ3v) is 6.48. The van der Waals surface area contributed by atoms with Gasteiger partial charge in [-0.2, -0.15) is 0 Å². The summed E-state index contributed by atoms with van der Waals surface area (Å²) >= 11 is 0. The minimum absolute atomic E-state index is 0. The third-order valence-electron chi connectivity index (χ3n) is 6.48. The molecule has 0 aliphatic heterocycles. The van der Waals surface area contributed by atoms with Crippen molar-refractivity contribution in [3.8, 4) is 0 Å². The monoisotopic (exact) mass is 308 g/mol. The van der Waals surface area contributed by atoms with Crippen LogP contribution in [0.4, 0.5) is 0 Å². The second-order valence-electron chi connectivity index (χ2n) is 8.10. The van der Waals surface area contributed by atoms with Gasteiger partial charge in [0.1, 0.15) is 5.54 Å². The third kappa shape index (κ3) is 2.83. The van der Waals surface area contributed by atoms with Crippen LogP contribution in [0.25, 0.3) is 0 Å². The van der Waals surface area contributed by atoms with E-state index in [1.807, 2.05) is 27.7 Å². The molecule has 0 bridgehead atoms. The maximum atomic E-state index is 11.5. The van der Waals surface area contributed by atoms with Gasteiger partial charge in [-0.3, -0.25) is 4.79 Å². The van der Waals surface area contributed by atoms with Gasteiger partial charge < -0.3 is 16.6 Å². The first-order valence-electron chi connectivity index (χ1n) is 6.76. The Hall–Kier alpha value is -0.320. The van der Waals surface area contributed by atoms with Crippen LogP contribution in [-0.4, -0.2) is 22.2 Å². The molecule has 0 saturated carbocycles. The first-order chi connectivity index (χ1) is 7.94. The number of rotatable bonds is 5. The Labute approximate surface area is 130 Å². The van der Waals surface area contributed by atoms with Crippen molar-refractivity contribution >= 4 is 18.4 Å². The summed E-state index contributed by atoms with van der Waals surface area (Å²) in [4.78, 5) is 11.5. The van der Waals surface area contributed by atoms with Crippen molar-refractivity contribution in [3.05, 3.63) is 0 Å². The second-order valence-corrected chi connectivity index (χ2v) is 8.10. The molecule has 0 spiro atoms. The van der Waals surface area contributed by atoms with Crippen molar-refractivity contribution in [2.24, 2.45) is 27.7 Å². The van der Waals surface area contributed by atoms with E-state index < -0.39 is 22.5 Å². The van der Waals surface area contributed by atoms with Crippen LogP contribution in [0.5, 0.6) is 0 Å². The van der Waals surface area contributed by atoms with E-state index >= 15 is 0 Å². The number of hydrogen-bond acceptors (Lipinski definition) is 3. The number of nitrogens with two attached hydrogens (primary N) is 2. The van der Waals surface area contributed by atoms with E-state index in [1.165, 1.54) is 0 Å². The lowest BCUT2D eigenvalue weighted by Crippen LogP contribution is -2.68. The first kappa shape index (κ1) is 22.0. The molecule has 0 heterocycles. The predicted molar refractivity (Wildman–Crippen MR) is 87.1 cm³/mol. The van der Waals surface area contributed by atoms with Crippen molar-refractivity contribution < 1.29 is 9.90 Å². The Balaban J connectivity index is 0. The van der Waals surface area contributed by atoms with E-state index in [4.69, 9.17) is 11.5 Å². The fourth-order valence-corrected chi connectivity index (χ4v) is 2.50. The number of carboxylic acid groups (broad SMARTS) is 1. The fraction of sp³-hybridized carbons (Fsp3) is 0.933. The van der Waals surface area contributed by atoms with E-state index in [1.54, 1.807) is 6.92 Å². The molecule has 122 valence electrons. The molecule has 5 N–H and O–H groups in total. The molecule has 0 fully saturated rings. The van der Waals surface area contributed by atoms with Crippen molar-refractivity contribution in [2.45, 2.75) is 73.4 Å². The van der Waals surface area contributed by atoms with E-state index in [0.717, 1.165) is 0 Å². The first-order valence-corrected chi connectivity index (χ1v) is 6.76. The maximum absolute atomic E-state index is 11.5. The van der Waals surface area contributed by atoms with E-state index in [9.17, 15) is 9.90 Å². The lowest BCUT2D eigenvalue weighted by molar-refractivity contribution is -0.159. The summed E-state index contributed by atoms with van der Waals surface area (Å²) < 4.78 is 0. The lowest BCUT2D eigenvalue weighted by Gasteiger charge is -2.60. The number of halogens is 1. The largest absolute Gasteiger partial charge is 0.480 e. The molecule has 20 heavy (non-hydrogen) atoms. The van der Waals surface area contributed by atoms with Gasteiger partial charge in [-0.05, 0) is 37.0 Å². The Kier molecular flexibility index (Phi) is 6.01. The SMILES string of the molecule is CC(C)(N)C(C)(C)C(C)(C)C(C)(C)C(C)(N)C(=O)O.Cl. The topological polar surface area (TPSA) is 89.3 Å². The average molecular weight is 309 g/mol. The van der Waals surface area contributed by atoms with Gasteiger partial charge in [0.15, 0.2) is 0 Å². The average Bonchev–Trinajstić information content (AvgIpc) is 2.14. The summed E-state index contributed by atoms with van der Waals surface area (Å²) in [6.07, 6.45) is 0. The normalized spacial score (nSPS) is 17.1.